The fourth-order valence-electron chi connectivity index (χ4n) is 2.27. The molecule has 2 atom stereocenters. The van der Waals surface area contributed by atoms with E-state index in [4.69, 9.17) is 5.73 Å². The van der Waals surface area contributed by atoms with Gasteiger partial charge in [0.25, 0.3) is 0 Å². The van der Waals surface area contributed by atoms with E-state index in [9.17, 15) is 4.79 Å². The van der Waals surface area contributed by atoms with Gasteiger partial charge in [-0.15, -0.1) is 5.10 Å². The predicted octanol–water partition coefficient (Wildman–Crippen LogP) is 1.51. The Hall–Kier alpha value is -0.750. The first-order valence-corrected chi connectivity index (χ1v) is 7.05. The van der Waals surface area contributed by atoms with Crippen molar-refractivity contribution in [3.63, 3.8) is 0 Å². The van der Waals surface area contributed by atoms with Gasteiger partial charge in [0.05, 0.1) is 0 Å². The number of rotatable bonds is 3. The molecular weight excluding hydrogens is 236 g/mol. The molecule has 1 aromatic heterocycles. The van der Waals surface area contributed by atoms with Gasteiger partial charge in [-0.1, -0.05) is 18.2 Å². The molecule has 17 heavy (non-hydrogen) atoms. The van der Waals surface area contributed by atoms with Crippen LogP contribution in [0, 0.1) is 0 Å². The Balaban J connectivity index is 2.10. The van der Waals surface area contributed by atoms with Crippen LogP contribution in [0.15, 0.2) is 9.95 Å². The Kier molecular flexibility index (Phi) is 3.93. The van der Waals surface area contributed by atoms with E-state index < -0.39 is 0 Å². The van der Waals surface area contributed by atoms with Crippen molar-refractivity contribution in [1.29, 1.82) is 0 Å². The lowest BCUT2D eigenvalue weighted by Gasteiger charge is -2.25. The second kappa shape index (κ2) is 5.27. The smallest absolute Gasteiger partial charge is 0.328 e. The van der Waals surface area contributed by atoms with Crippen molar-refractivity contribution in [2.45, 2.75) is 62.0 Å². The lowest BCUT2D eigenvalue weighted by molar-refractivity contribution is 0.449. The molecule has 0 spiro atoms. The number of thioether (sulfide) groups is 1. The Bertz CT molecular complexity index is 425. The van der Waals surface area contributed by atoms with Crippen molar-refractivity contribution < 1.29 is 0 Å². The van der Waals surface area contributed by atoms with Gasteiger partial charge in [-0.2, -0.15) is 0 Å². The fraction of sp³-hybridized carbons (Fsp3) is 0.818. The van der Waals surface area contributed by atoms with Crippen molar-refractivity contribution in [2.24, 2.45) is 5.73 Å². The zero-order valence-electron chi connectivity index (χ0n) is 10.3. The average molecular weight is 256 g/mol. The summed E-state index contributed by atoms with van der Waals surface area (Å²) in [5.74, 6) is 0. The van der Waals surface area contributed by atoms with Crippen LogP contribution in [0.1, 0.15) is 45.6 Å². The largest absolute Gasteiger partial charge is 0.344 e. The first kappa shape index (κ1) is 12.7. The predicted molar refractivity (Wildman–Crippen MR) is 69.3 cm³/mol. The van der Waals surface area contributed by atoms with E-state index >= 15 is 0 Å². The lowest BCUT2D eigenvalue weighted by Crippen LogP contribution is -2.29. The third-order valence-electron chi connectivity index (χ3n) is 3.13. The molecule has 0 bridgehead atoms. The molecule has 0 aromatic carbocycles. The van der Waals surface area contributed by atoms with Crippen molar-refractivity contribution in [3.8, 4) is 0 Å². The molecule has 0 radical (unpaired) electrons. The average Bonchev–Trinajstić information content (AvgIpc) is 2.59. The van der Waals surface area contributed by atoms with Crippen LogP contribution < -0.4 is 11.4 Å². The van der Waals surface area contributed by atoms with Crippen LogP contribution in [-0.2, 0) is 0 Å². The number of nitrogens with two attached hydrogens (primary N) is 1. The molecule has 2 rings (SSSR count). The Labute approximate surface area is 105 Å². The zero-order chi connectivity index (χ0) is 12.4. The highest BCUT2D eigenvalue weighted by molar-refractivity contribution is 7.99. The molecule has 1 aliphatic carbocycles. The topological polar surface area (TPSA) is 76.7 Å². The van der Waals surface area contributed by atoms with E-state index in [0.717, 1.165) is 24.4 Å². The minimum Gasteiger partial charge on any atom is -0.328 e. The molecule has 1 aliphatic rings. The Morgan fingerprint density at radius 3 is 2.94 bits per heavy atom. The van der Waals surface area contributed by atoms with Gasteiger partial charge in [-0.3, -0.25) is 4.57 Å². The number of aromatic nitrogens is 3. The van der Waals surface area contributed by atoms with Crippen molar-refractivity contribution in [2.75, 3.05) is 0 Å². The van der Waals surface area contributed by atoms with Gasteiger partial charge in [0.1, 0.15) is 0 Å². The number of nitrogens with one attached hydrogen (secondary N) is 1. The van der Waals surface area contributed by atoms with Crippen molar-refractivity contribution >= 4 is 11.8 Å². The number of aromatic amines is 1. The van der Waals surface area contributed by atoms with Crippen LogP contribution in [0.2, 0.25) is 0 Å². The summed E-state index contributed by atoms with van der Waals surface area (Å²) in [5, 5.41) is 7.92. The summed E-state index contributed by atoms with van der Waals surface area (Å²) in [7, 11) is 0. The van der Waals surface area contributed by atoms with Crippen LogP contribution in [-0.4, -0.2) is 26.1 Å². The van der Waals surface area contributed by atoms with Crippen LogP contribution in [0.4, 0.5) is 0 Å². The molecule has 96 valence electrons. The first-order valence-electron chi connectivity index (χ1n) is 6.17. The van der Waals surface area contributed by atoms with E-state index in [-0.39, 0.29) is 11.7 Å². The maximum Gasteiger partial charge on any atom is 0.344 e. The van der Waals surface area contributed by atoms with Gasteiger partial charge in [-0.25, -0.2) is 9.89 Å². The molecule has 1 fully saturated rings. The summed E-state index contributed by atoms with van der Waals surface area (Å²) in [6.07, 6.45) is 4.48. The molecule has 1 saturated carbocycles. The molecule has 3 N–H and O–H groups in total. The maximum atomic E-state index is 11.6. The van der Waals surface area contributed by atoms with Gasteiger partial charge < -0.3 is 5.73 Å². The summed E-state index contributed by atoms with van der Waals surface area (Å²) in [5.41, 5.74) is 5.85. The van der Waals surface area contributed by atoms with E-state index in [1.807, 2.05) is 13.8 Å². The summed E-state index contributed by atoms with van der Waals surface area (Å²) >= 11 is 1.68. The van der Waals surface area contributed by atoms with E-state index in [0.29, 0.717) is 11.3 Å². The van der Waals surface area contributed by atoms with Crippen LogP contribution in [0.3, 0.4) is 0 Å². The number of H-pyrrole nitrogens is 1. The maximum absolute atomic E-state index is 11.6. The molecule has 2 unspecified atom stereocenters. The third-order valence-corrected chi connectivity index (χ3v) is 4.39. The highest BCUT2D eigenvalue weighted by Gasteiger charge is 2.23. The quantitative estimate of drug-likeness (QED) is 0.859. The molecular formula is C11H20N4OS. The molecule has 0 saturated heterocycles. The van der Waals surface area contributed by atoms with Gasteiger partial charge >= 0.3 is 5.69 Å². The Morgan fingerprint density at radius 1 is 1.53 bits per heavy atom. The number of hydrogen-bond donors (Lipinski definition) is 2. The first-order chi connectivity index (χ1) is 8.08. The molecule has 0 amide bonds. The fourth-order valence-corrected chi connectivity index (χ4v) is 3.70. The van der Waals surface area contributed by atoms with E-state index in [2.05, 4.69) is 10.2 Å². The molecule has 1 heterocycles. The molecule has 0 aliphatic heterocycles. The lowest BCUT2D eigenvalue weighted by atomic mass is 9.96. The second-order valence-electron chi connectivity index (χ2n) is 4.94. The number of nitrogens with zero attached hydrogens (tertiary/aromatic N) is 2. The molecule has 6 heteroatoms. The summed E-state index contributed by atoms with van der Waals surface area (Å²) in [6, 6.07) is 0.445. The van der Waals surface area contributed by atoms with E-state index in [1.165, 1.54) is 6.42 Å². The summed E-state index contributed by atoms with van der Waals surface area (Å²) < 4.78 is 1.71. The second-order valence-corrected chi connectivity index (χ2v) is 6.21. The molecule has 1 aromatic rings. The van der Waals surface area contributed by atoms with Gasteiger partial charge in [0.15, 0.2) is 5.16 Å². The van der Waals surface area contributed by atoms with Crippen LogP contribution in [0.5, 0.6) is 0 Å². The number of hydrogen-bond acceptors (Lipinski definition) is 4. The van der Waals surface area contributed by atoms with Crippen molar-refractivity contribution in [1.82, 2.24) is 14.8 Å². The SMILES string of the molecule is CC(C)n1c(SC2CCCC(N)C2)n[nH]c1=O. The standard InChI is InChI=1S/C11H20N4OS/c1-7(2)15-10(16)13-14-11(15)17-9-5-3-4-8(12)6-9/h7-9H,3-6,12H2,1-2H3,(H,13,16). The highest BCUT2D eigenvalue weighted by atomic mass is 32.2. The molecule has 5 nitrogen and oxygen atoms in total. The summed E-state index contributed by atoms with van der Waals surface area (Å²) in [4.78, 5) is 11.6. The normalized spacial score (nSPS) is 25.4. The van der Waals surface area contributed by atoms with Crippen LogP contribution >= 0.6 is 11.8 Å². The third kappa shape index (κ3) is 2.93. The monoisotopic (exact) mass is 256 g/mol. The van der Waals surface area contributed by atoms with Gasteiger partial charge in [0.2, 0.25) is 0 Å². The minimum atomic E-state index is -0.123. The van der Waals surface area contributed by atoms with Crippen molar-refractivity contribution in [3.05, 3.63) is 10.5 Å². The Morgan fingerprint density at radius 2 is 2.29 bits per heavy atom. The zero-order valence-corrected chi connectivity index (χ0v) is 11.2. The summed E-state index contributed by atoms with van der Waals surface area (Å²) in [6.45, 7) is 3.99. The van der Waals surface area contributed by atoms with Gasteiger partial charge in [0, 0.05) is 17.3 Å². The highest BCUT2D eigenvalue weighted by Crippen LogP contribution is 2.32. The van der Waals surface area contributed by atoms with E-state index in [1.54, 1.807) is 16.3 Å². The van der Waals surface area contributed by atoms with Crippen LogP contribution in [0.25, 0.3) is 0 Å². The van der Waals surface area contributed by atoms with Gasteiger partial charge in [-0.05, 0) is 33.1 Å². The minimum absolute atomic E-state index is 0.123.